The molecule has 162 valence electrons. The third-order valence-electron chi connectivity index (χ3n) is 5.32. The maximum absolute atomic E-state index is 12.2. The van der Waals surface area contributed by atoms with Crippen LogP contribution in [-0.4, -0.2) is 52.3 Å². The third kappa shape index (κ3) is 9.57. The first-order valence-corrected chi connectivity index (χ1v) is 11.7. The van der Waals surface area contributed by atoms with Gasteiger partial charge in [0.2, 0.25) is 0 Å². The number of rotatable bonds is 14. The second kappa shape index (κ2) is 14.2. The molecule has 0 aromatic carbocycles. The van der Waals surface area contributed by atoms with E-state index in [4.69, 9.17) is 0 Å². The van der Waals surface area contributed by atoms with Gasteiger partial charge in [0.15, 0.2) is 0 Å². The molecular formula is C22H38O5S. The highest BCUT2D eigenvalue weighted by molar-refractivity contribution is 8.00. The molecule has 0 spiro atoms. The zero-order valence-electron chi connectivity index (χ0n) is 17.6. The van der Waals surface area contributed by atoms with E-state index in [-0.39, 0.29) is 29.3 Å². The minimum Gasteiger partial charge on any atom is -0.469 e. The molecule has 0 aliphatic heterocycles. The average Bonchev–Trinajstić information content (AvgIpc) is 2.93. The third-order valence-corrected chi connectivity index (χ3v) is 6.78. The quantitative estimate of drug-likeness (QED) is 0.255. The Balaban J connectivity index is 2.41. The van der Waals surface area contributed by atoms with Crippen molar-refractivity contribution in [2.75, 3.05) is 12.9 Å². The Hall–Kier alpha value is -0.850. The molecule has 1 rings (SSSR count). The van der Waals surface area contributed by atoms with Gasteiger partial charge in [-0.25, -0.2) is 0 Å². The van der Waals surface area contributed by atoms with Crippen LogP contribution in [0.5, 0.6) is 0 Å². The monoisotopic (exact) mass is 414 g/mol. The van der Waals surface area contributed by atoms with Crippen molar-refractivity contribution in [3.63, 3.8) is 0 Å². The van der Waals surface area contributed by atoms with Gasteiger partial charge in [0.1, 0.15) is 5.78 Å². The normalized spacial score (nSPS) is 24.6. The van der Waals surface area contributed by atoms with Crippen LogP contribution in [0.3, 0.4) is 0 Å². The molecular weight excluding hydrogens is 376 g/mol. The summed E-state index contributed by atoms with van der Waals surface area (Å²) in [6.45, 7) is 4.32. The SMILES string of the molecule is CCCCC(C)CC(O)C=CC1C(O)CC(=O)C1SCCCCCC(=O)OC. The standard InChI is InChI=1S/C22H38O5S/c1-4-5-9-16(2)14-17(23)11-12-18-19(24)15-20(25)22(18)28-13-8-6-7-10-21(26)27-3/h11-12,16-19,22-24H,4-10,13-15H2,1-3H3. The van der Waals surface area contributed by atoms with E-state index in [9.17, 15) is 19.8 Å². The molecule has 28 heavy (non-hydrogen) atoms. The van der Waals surface area contributed by atoms with Crippen LogP contribution in [0, 0.1) is 11.8 Å². The zero-order chi connectivity index (χ0) is 20.9. The number of ether oxygens (including phenoxy) is 1. The van der Waals surface area contributed by atoms with Gasteiger partial charge < -0.3 is 14.9 Å². The molecule has 0 aromatic rings. The van der Waals surface area contributed by atoms with Crippen LogP contribution < -0.4 is 0 Å². The lowest BCUT2D eigenvalue weighted by Gasteiger charge is -2.18. The first kappa shape index (κ1) is 25.2. The molecule has 6 heteroatoms. The van der Waals surface area contributed by atoms with Crippen LogP contribution in [0.4, 0.5) is 0 Å². The summed E-state index contributed by atoms with van der Waals surface area (Å²) in [5.74, 6) is 0.964. The number of unbranched alkanes of at least 4 members (excludes halogenated alkanes) is 3. The molecule has 5 nitrogen and oxygen atoms in total. The lowest BCUT2D eigenvalue weighted by Crippen LogP contribution is -2.22. The molecule has 0 saturated heterocycles. The number of carbonyl (C=O) groups excluding carboxylic acids is 2. The van der Waals surface area contributed by atoms with E-state index in [0.29, 0.717) is 18.8 Å². The molecule has 2 N–H and O–H groups in total. The van der Waals surface area contributed by atoms with Crippen LogP contribution >= 0.6 is 11.8 Å². The summed E-state index contributed by atoms with van der Waals surface area (Å²) in [5, 5.41) is 20.3. The number of methoxy groups -OCH3 is 1. The molecule has 0 aromatic heterocycles. The van der Waals surface area contributed by atoms with Crippen LogP contribution in [-0.2, 0) is 14.3 Å². The maximum Gasteiger partial charge on any atom is 0.305 e. The lowest BCUT2D eigenvalue weighted by atomic mass is 9.96. The van der Waals surface area contributed by atoms with Gasteiger partial charge in [-0.2, -0.15) is 0 Å². The summed E-state index contributed by atoms with van der Waals surface area (Å²) in [5.41, 5.74) is 0. The van der Waals surface area contributed by atoms with Gasteiger partial charge in [0.25, 0.3) is 0 Å². The Bertz CT molecular complexity index is 493. The number of hydrogen-bond acceptors (Lipinski definition) is 6. The van der Waals surface area contributed by atoms with Crippen LogP contribution in [0.15, 0.2) is 12.2 Å². The van der Waals surface area contributed by atoms with Crippen molar-refractivity contribution in [3.05, 3.63) is 12.2 Å². The Morgan fingerprint density at radius 1 is 1.32 bits per heavy atom. The van der Waals surface area contributed by atoms with Gasteiger partial charge in [-0.3, -0.25) is 9.59 Å². The van der Waals surface area contributed by atoms with E-state index in [0.717, 1.165) is 37.9 Å². The highest BCUT2D eigenvalue weighted by atomic mass is 32.2. The second-order valence-electron chi connectivity index (χ2n) is 7.93. The van der Waals surface area contributed by atoms with E-state index in [1.54, 1.807) is 17.8 Å². The van der Waals surface area contributed by atoms with Crippen molar-refractivity contribution in [1.29, 1.82) is 0 Å². The molecule has 5 atom stereocenters. The van der Waals surface area contributed by atoms with E-state index in [2.05, 4.69) is 18.6 Å². The van der Waals surface area contributed by atoms with Gasteiger partial charge in [0.05, 0.1) is 24.6 Å². The number of esters is 1. The summed E-state index contributed by atoms with van der Waals surface area (Å²) in [7, 11) is 1.39. The van der Waals surface area contributed by atoms with E-state index < -0.39 is 12.2 Å². The molecule has 1 fully saturated rings. The topological polar surface area (TPSA) is 83.8 Å². The fourth-order valence-electron chi connectivity index (χ4n) is 3.59. The van der Waals surface area contributed by atoms with Crippen molar-refractivity contribution >= 4 is 23.5 Å². The summed E-state index contributed by atoms with van der Waals surface area (Å²) in [4.78, 5) is 23.3. The van der Waals surface area contributed by atoms with Crippen molar-refractivity contribution in [3.8, 4) is 0 Å². The Kier molecular flexibility index (Phi) is 12.8. The fraction of sp³-hybridized carbons (Fsp3) is 0.818. The molecule has 0 amide bonds. The zero-order valence-corrected chi connectivity index (χ0v) is 18.5. The number of carbonyl (C=O) groups is 2. The van der Waals surface area contributed by atoms with E-state index >= 15 is 0 Å². The van der Waals surface area contributed by atoms with Crippen molar-refractivity contribution in [1.82, 2.24) is 0 Å². The van der Waals surface area contributed by atoms with Crippen LogP contribution in [0.1, 0.15) is 71.6 Å². The fourth-order valence-corrected chi connectivity index (χ4v) is 4.99. The number of ketones is 1. The minimum absolute atomic E-state index is 0.0903. The predicted molar refractivity (Wildman–Crippen MR) is 114 cm³/mol. The number of hydrogen-bond donors (Lipinski definition) is 2. The first-order valence-electron chi connectivity index (χ1n) is 10.6. The van der Waals surface area contributed by atoms with Gasteiger partial charge in [0, 0.05) is 18.8 Å². The van der Waals surface area contributed by atoms with Gasteiger partial charge in [-0.15, -0.1) is 11.8 Å². The smallest absolute Gasteiger partial charge is 0.305 e. The number of aliphatic hydroxyl groups excluding tert-OH is 2. The van der Waals surface area contributed by atoms with Gasteiger partial charge >= 0.3 is 5.97 Å². The van der Waals surface area contributed by atoms with Gasteiger partial charge in [-0.05, 0) is 30.9 Å². The Labute approximate surface area is 174 Å². The molecule has 1 saturated carbocycles. The van der Waals surface area contributed by atoms with Gasteiger partial charge in [-0.1, -0.05) is 51.7 Å². The highest BCUT2D eigenvalue weighted by Gasteiger charge is 2.40. The summed E-state index contributed by atoms with van der Waals surface area (Å²) in [6.07, 6.45) is 9.84. The maximum atomic E-state index is 12.2. The Morgan fingerprint density at radius 3 is 2.75 bits per heavy atom. The lowest BCUT2D eigenvalue weighted by molar-refractivity contribution is -0.140. The molecule has 1 aliphatic rings. The van der Waals surface area contributed by atoms with Crippen molar-refractivity contribution < 1.29 is 24.5 Å². The molecule has 0 heterocycles. The first-order chi connectivity index (χ1) is 13.4. The van der Waals surface area contributed by atoms with Crippen molar-refractivity contribution in [2.24, 2.45) is 11.8 Å². The summed E-state index contributed by atoms with van der Waals surface area (Å²) < 4.78 is 4.62. The predicted octanol–water partition coefficient (Wildman–Crippen LogP) is 3.91. The number of thioether (sulfide) groups is 1. The summed E-state index contributed by atoms with van der Waals surface area (Å²) >= 11 is 1.59. The van der Waals surface area contributed by atoms with Crippen LogP contribution in [0.25, 0.3) is 0 Å². The van der Waals surface area contributed by atoms with Crippen LogP contribution in [0.2, 0.25) is 0 Å². The molecule has 0 radical (unpaired) electrons. The minimum atomic E-state index is -0.662. The largest absolute Gasteiger partial charge is 0.469 e. The number of Topliss-reactive ketones (excluding diaryl/α,β-unsaturated/α-hetero) is 1. The molecule has 1 aliphatic carbocycles. The van der Waals surface area contributed by atoms with E-state index in [1.165, 1.54) is 13.5 Å². The van der Waals surface area contributed by atoms with E-state index in [1.807, 2.05) is 6.08 Å². The highest BCUT2D eigenvalue weighted by Crippen LogP contribution is 2.34. The Morgan fingerprint density at radius 2 is 2.07 bits per heavy atom. The number of aliphatic hydroxyl groups is 2. The average molecular weight is 415 g/mol. The molecule has 0 bridgehead atoms. The molecule has 5 unspecified atom stereocenters. The second-order valence-corrected chi connectivity index (χ2v) is 9.18. The summed E-state index contributed by atoms with van der Waals surface area (Å²) in [6, 6.07) is 0. The van der Waals surface area contributed by atoms with Crippen molar-refractivity contribution in [2.45, 2.75) is 89.1 Å².